The maximum Gasteiger partial charge on any atom is 0.337 e. The molecule has 1 fully saturated rings. The normalized spacial score (nSPS) is 22.7. The standard InChI is InChI=1S/C34H38FN3O5/c1-18-8-11-22-25(14-18)37-32(41)34(22)27(17-33(3,4)5)38-29(28(34)20-9-12-23(35)19(2)15-20)30(39)36-24-13-10-21(31(40)43-7)16-26(24)42-6/h8-16,27-29,38H,17H2,1-7H3,(H,36,39)(H,37,41)/t27?,28?,29-,34-/m1/s1. The van der Waals surface area contributed by atoms with Crippen LogP contribution in [0.4, 0.5) is 15.8 Å². The first-order valence-corrected chi connectivity index (χ1v) is 14.3. The van der Waals surface area contributed by atoms with Crippen molar-refractivity contribution in [2.24, 2.45) is 5.41 Å². The zero-order valence-corrected chi connectivity index (χ0v) is 25.6. The molecule has 2 heterocycles. The predicted octanol–water partition coefficient (Wildman–Crippen LogP) is 5.63. The third kappa shape index (κ3) is 5.27. The van der Waals surface area contributed by atoms with Gasteiger partial charge in [-0.25, -0.2) is 9.18 Å². The summed E-state index contributed by atoms with van der Waals surface area (Å²) in [5, 5.41) is 9.64. The van der Waals surface area contributed by atoms with E-state index in [4.69, 9.17) is 9.47 Å². The molecule has 2 aliphatic rings. The van der Waals surface area contributed by atoms with Crippen molar-refractivity contribution in [1.82, 2.24) is 5.32 Å². The van der Waals surface area contributed by atoms with Crippen molar-refractivity contribution >= 4 is 29.2 Å². The Morgan fingerprint density at radius 1 is 1.02 bits per heavy atom. The third-order valence-corrected chi connectivity index (χ3v) is 8.52. The van der Waals surface area contributed by atoms with E-state index in [9.17, 15) is 18.8 Å². The second-order valence-corrected chi connectivity index (χ2v) is 12.7. The minimum Gasteiger partial charge on any atom is -0.495 e. The average Bonchev–Trinajstić information content (AvgIpc) is 3.43. The van der Waals surface area contributed by atoms with Crippen molar-refractivity contribution in [3.8, 4) is 5.75 Å². The van der Waals surface area contributed by atoms with E-state index >= 15 is 0 Å². The van der Waals surface area contributed by atoms with Gasteiger partial charge >= 0.3 is 5.97 Å². The Kier molecular flexibility index (Phi) is 7.81. The van der Waals surface area contributed by atoms with Crippen LogP contribution in [0.1, 0.15) is 65.7 Å². The molecular formula is C34H38FN3O5. The van der Waals surface area contributed by atoms with Gasteiger partial charge in [0.2, 0.25) is 11.8 Å². The molecule has 2 amide bonds. The summed E-state index contributed by atoms with van der Waals surface area (Å²) in [6.45, 7) is 9.94. The van der Waals surface area contributed by atoms with Crippen LogP contribution in [0.2, 0.25) is 0 Å². The third-order valence-electron chi connectivity index (χ3n) is 8.52. The van der Waals surface area contributed by atoms with Gasteiger partial charge in [-0.3, -0.25) is 9.59 Å². The van der Waals surface area contributed by atoms with Gasteiger partial charge in [0.1, 0.15) is 17.0 Å². The van der Waals surface area contributed by atoms with E-state index in [0.717, 1.165) is 16.8 Å². The highest BCUT2D eigenvalue weighted by Gasteiger charge is 2.65. The number of carbonyl (C=O) groups is 3. The molecule has 0 saturated carbocycles. The van der Waals surface area contributed by atoms with Gasteiger partial charge in [-0.15, -0.1) is 0 Å². The maximum atomic E-state index is 14.5. The van der Waals surface area contributed by atoms with Crippen molar-refractivity contribution in [3.05, 3.63) is 88.2 Å². The van der Waals surface area contributed by atoms with Crippen LogP contribution in [-0.4, -0.2) is 44.1 Å². The number of benzene rings is 3. The van der Waals surface area contributed by atoms with E-state index in [0.29, 0.717) is 23.2 Å². The number of hydrogen-bond acceptors (Lipinski definition) is 6. The molecule has 3 aromatic rings. The first kappa shape index (κ1) is 30.2. The lowest BCUT2D eigenvalue weighted by molar-refractivity contribution is -0.122. The highest BCUT2D eigenvalue weighted by Crippen LogP contribution is 2.56. The number of halogens is 1. The topological polar surface area (TPSA) is 106 Å². The van der Waals surface area contributed by atoms with E-state index < -0.39 is 29.4 Å². The molecule has 0 aliphatic carbocycles. The number of aryl methyl sites for hydroxylation is 2. The number of hydrogen-bond donors (Lipinski definition) is 3. The fraction of sp³-hybridized carbons (Fsp3) is 0.382. The number of methoxy groups -OCH3 is 2. The average molecular weight is 588 g/mol. The van der Waals surface area contributed by atoms with Crippen molar-refractivity contribution in [3.63, 3.8) is 0 Å². The molecule has 3 aromatic carbocycles. The molecule has 43 heavy (non-hydrogen) atoms. The first-order valence-electron chi connectivity index (χ1n) is 14.3. The Morgan fingerprint density at radius 2 is 1.77 bits per heavy atom. The van der Waals surface area contributed by atoms with Crippen LogP contribution in [0.5, 0.6) is 5.75 Å². The van der Waals surface area contributed by atoms with Crippen LogP contribution in [0, 0.1) is 25.1 Å². The summed E-state index contributed by atoms with van der Waals surface area (Å²) in [6, 6.07) is 14.0. The van der Waals surface area contributed by atoms with Crippen molar-refractivity contribution in [2.45, 2.75) is 64.5 Å². The lowest BCUT2D eigenvalue weighted by Crippen LogP contribution is -2.49. The number of anilines is 2. The number of ether oxygens (including phenoxy) is 2. The van der Waals surface area contributed by atoms with E-state index in [-0.39, 0.29) is 34.4 Å². The molecule has 1 saturated heterocycles. The van der Waals surface area contributed by atoms with Crippen molar-refractivity contribution in [1.29, 1.82) is 0 Å². The smallest absolute Gasteiger partial charge is 0.337 e. The molecule has 1 spiro atoms. The minimum absolute atomic E-state index is 0.194. The van der Waals surface area contributed by atoms with Gasteiger partial charge in [0.15, 0.2) is 0 Å². The van der Waals surface area contributed by atoms with Gasteiger partial charge in [-0.1, -0.05) is 45.0 Å². The van der Waals surface area contributed by atoms with Crippen molar-refractivity contribution < 1.29 is 28.2 Å². The zero-order chi connectivity index (χ0) is 31.3. The highest BCUT2D eigenvalue weighted by molar-refractivity contribution is 6.10. The number of esters is 1. The second kappa shape index (κ2) is 11.1. The number of amides is 2. The molecular weight excluding hydrogens is 549 g/mol. The molecule has 4 atom stereocenters. The molecule has 3 N–H and O–H groups in total. The van der Waals surface area contributed by atoms with E-state index in [1.54, 1.807) is 31.2 Å². The molecule has 5 rings (SSSR count). The fourth-order valence-electron chi connectivity index (χ4n) is 6.67. The summed E-state index contributed by atoms with van der Waals surface area (Å²) in [4.78, 5) is 40.7. The lowest BCUT2D eigenvalue weighted by Gasteiger charge is -2.37. The Bertz CT molecular complexity index is 1610. The molecule has 226 valence electrons. The summed E-state index contributed by atoms with van der Waals surface area (Å²) in [6.07, 6.45) is 0.589. The summed E-state index contributed by atoms with van der Waals surface area (Å²) in [5.74, 6) is -1.88. The van der Waals surface area contributed by atoms with Crippen LogP contribution < -0.4 is 20.7 Å². The van der Waals surface area contributed by atoms with Gasteiger partial charge in [-0.2, -0.15) is 0 Å². The van der Waals surface area contributed by atoms with Gasteiger partial charge in [0, 0.05) is 17.6 Å². The van der Waals surface area contributed by atoms with E-state index in [1.165, 1.54) is 26.4 Å². The largest absolute Gasteiger partial charge is 0.495 e. The molecule has 9 heteroatoms. The summed E-state index contributed by atoms with van der Waals surface area (Å²) in [7, 11) is 2.73. The molecule has 2 unspecified atom stereocenters. The van der Waals surface area contributed by atoms with Crippen LogP contribution in [0.3, 0.4) is 0 Å². The van der Waals surface area contributed by atoms with Gasteiger partial charge < -0.3 is 25.4 Å². The summed E-state index contributed by atoms with van der Waals surface area (Å²) in [5.41, 5.74) is 2.92. The number of rotatable bonds is 6. The SMILES string of the molecule is COC(=O)c1ccc(NC(=O)[C@@H]2NC(CC(C)(C)C)[C@@]3(C(=O)Nc4cc(C)ccc43)C2c2ccc(F)c(C)c2)c(OC)c1. The fourth-order valence-corrected chi connectivity index (χ4v) is 6.67. The monoisotopic (exact) mass is 587 g/mol. The maximum absolute atomic E-state index is 14.5. The van der Waals surface area contributed by atoms with Crippen LogP contribution in [-0.2, 0) is 19.7 Å². The zero-order valence-electron chi connectivity index (χ0n) is 25.6. The molecule has 0 bridgehead atoms. The van der Waals surface area contributed by atoms with E-state index in [2.05, 4.69) is 36.7 Å². The Morgan fingerprint density at radius 3 is 2.42 bits per heavy atom. The molecule has 0 aromatic heterocycles. The molecule has 0 radical (unpaired) electrons. The second-order valence-electron chi connectivity index (χ2n) is 12.7. The van der Waals surface area contributed by atoms with Crippen LogP contribution in [0.15, 0.2) is 54.6 Å². The Hall–Kier alpha value is -4.24. The van der Waals surface area contributed by atoms with Crippen molar-refractivity contribution in [2.75, 3.05) is 24.9 Å². The number of fused-ring (bicyclic) bond motifs is 2. The summed E-state index contributed by atoms with van der Waals surface area (Å²) >= 11 is 0. The van der Waals surface area contributed by atoms with E-state index in [1.807, 2.05) is 25.1 Å². The summed E-state index contributed by atoms with van der Waals surface area (Å²) < 4.78 is 24.8. The molecule has 8 nitrogen and oxygen atoms in total. The predicted molar refractivity (Wildman–Crippen MR) is 163 cm³/mol. The Balaban J connectivity index is 1.67. The van der Waals surface area contributed by atoms with Crippen LogP contribution >= 0.6 is 0 Å². The number of carbonyl (C=O) groups excluding carboxylic acids is 3. The van der Waals surface area contributed by atoms with Gasteiger partial charge in [-0.05, 0) is 78.3 Å². The Labute approximate surface area is 251 Å². The molecule has 2 aliphatic heterocycles. The first-order chi connectivity index (χ1) is 20.3. The minimum atomic E-state index is -1.15. The lowest BCUT2D eigenvalue weighted by atomic mass is 9.62. The highest BCUT2D eigenvalue weighted by atomic mass is 19.1. The van der Waals surface area contributed by atoms with Gasteiger partial charge in [0.25, 0.3) is 0 Å². The van der Waals surface area contributed by atoms with Gasteiger partial charge in [0.05, 0.1) is 31.5 Å². The van der Waals surface area contributed by atoms with Crippen LogP contribution in [0.25, 0.3) is 0 Å². The number of nitrogens with one attached hydrogen (secondary N) is 3. The quantitative estimate of drug-likeness (QED) is 0.323.